The number of nitrogens with one attached hydrogen (secondary N) is 2. The van der Waals surface area contributed by atoms with Gasteiger partial charge in [-0.05, 0) is 58.4 Å². The Morgan fingerprint density at radius 1 is 0.846 bits per heavy atom. The molecule has 1 aliphatic heterocycles. The van der Waals surface area contributed by atoms with E-state index in [9.17, 15) is 9.59 Å². The largest absolute Gasteiger partial charge is 0.350 e. The van der Waals surface area contributed by atoms with Gasteiger partial charge in [-0.15, -0.1) is 0 Å². The first kappa shape index (κ1) is 26.6. The lowest BCUT2D eigenvalue weighted by Crippen LogP contribution is -2.50. The molecule has 2 amide bonds. The van der Waals surface area contributed by atoms with Crippen LogP contribution in [-0.4, -0.2) is 41.9 Å². The van der Waals surface area contributed by atoms with Crippen LogP contribution in [0.4, 0.5) is 0 Å². The fourth-order valence-corrected chi connectivity index (χ4v) is 5.36. The summed E-state index contributed by atoms with van der Waals surface area (Å²) in [6.07, 6.45) is 1.50. The van der Waals surface area contributed by atoms with Crippen LogP contribution >= 0.6 is 0 Å². The van der Waals surface area contributed by atoms with E-state index in [-0.39, 0.29) is 23.8 Å². The maximum Gasteiger partial charge on any atom is 0.251 e. The van der Waals surface area contributed by atoms with E-state index in [4.69, 9.17) is 0 Å². The molecule has 0 aliphatic carbocycles. The van der Waals surface area contributed by atoms with Crippen molar-refractivity contribution in [2.75, 3.05) is 13.1 Å². The van der Waals surface area contributed by atoms with Crippen LogP contribution in [0.2, 0.25) is 0 Å². The van der Waals surface area contributed by atoms with E-state index in [0.717, 1.165) is 36.8 Å². The number of nitrogens with zero attached hydrogens (tertiary/aromatic N) is 1. The lowest BCUT2D eigenvalue weighted by Gasteiger charge is -2.23. The van der Waals surface area contributed by atoms with E-state index >= 15 is 0 Å². The second-order valence-corrected chi connectivity index (χ2v) is 11.0. The van der Waals surface area contributed by atoms with Crippen LogP contribution in [-0.2, 0) is 11.3 Å². The standard InChI is InChI=1S/C34H37N3O2/c1-24(2)20-32(36-33(38)30-17-16-27-10-6-7-11-29(27)21-30)34(39)35-31-18-19-37(23-31)22-25-12-14-28(15-13-25)26-8-4-3-5-9-26/h3-17,21,24,31-32H,18-20,22-23H2,1-2H3,(H,35,39)(H,36,38)/t31-,32-/m0/s1. The Morgan fingerprint density at radius 3 is 2.28 bits per heavy atom. The minimum atomic E-state index is -0.566. The summed E-state index contributed by atoms with van der Waals surface area (Å²) in [6.45, 7) is 6.74. The van der Waals surface area contributed by atoms with Crippen LogP contribution in [0.1, 0.15) is 42.6 Å². The molecule has 1 heterocycles. The summed E-state index contributed by atoms with van der Waals surface area (Å²) >= 11 is 0. The summed E-state index contributed by atoms with van der Waals surface area (Å²) in [4.78, 5) is 28.8. The van der Waals surface area contributed by atoms with Crippen molar-refractivity contribution in [1.29, 1.82) is 0 Å². The Bertz CT molecular complexity index is 1420. The van der Waals surface area contributed by atoms with Gasteiger partial charge >= 0.3 is 0 Å². The molecule has 1 aliphatic rings. The quantitative estimate of drug-likeness (QED) is 0.283. The molecule has 0 saturated carbocycles. The molecule has 2 N–H and O–H groups in total. The van der Waals surface area contributed by atoms with Crippen LogP contribution in [0.15, 0.2) is 97.1 Å². The number of benzene rings is 4. The second-order valence-electron chi connectivity index (χ2n) is 11.0. The van der Waals surface area contributed by atoms with E-state index in [1.165, 1.54) is 16.7 Å². The Morgan fingerprint density at radius 2 is 1.54 bits per heavy atom. The lowest BCUT2D eigenvalue weighted by molar-refractivity contribution is -0.124. The van der Waals surface area contributed by atoms with Crippen LogP contribution < -0.4 is 10.6 Å². The third kappa shape index (κ3) is 6.92. The second kappa shape index (κ2) is 12.3. The molecule has 5 nitrogen and oxygen atoms in total. The molecule has 1 fully saturated rings. The molecule has 0 unspecified atom stereocenters. The number of amides is 2. The van der Waals surface area contributed by atoms with Crippen molar-refractivity contribution in [2.24, 2.45) is 5.92 Å². The van der Waals surface area contributed by atoms with Crippen molar-refractivity contribution < 1.29 is 9.59 Å². The van der Waals surface area contributed by atoms with E-state index in [0.29, 0.717) is 12.0 Å². The third-order valence-corrected chi connectivity index (χ3v) is 7.43. The van der Waals surface area contributed by atoms with Gasteiger partial charge in [0.25, 0.3) is 5.91 Å². The van der Waals surface area contributed by atoms with E-state index in [1.807, 2.05) is 48.5 Å². The number of hydrogen-bond donors (Lipinski definition) is 2. The minimum absolute atomic E-state index is 0.0772. The number of likely N-dealkylation sites (tertiary alicyclic amines) is 1. The average Bonchev–Trinajstić information content (AvgIpc) is 3.39. The summed E-state index contributed by atoms with van der Waals surface area (Å²) in [5, 5.41) is 8.33. The molecular formula is C34H37N3O2. The highest BCUT2D eigenvalue weighted by molar-refractivity contribution is 6.00. The van der Waals surface area contributed by atoms with E-state index in [2.05, 4.69) is 77.9 Å². The Kier molecular flexibility index (Phi) is 8.38. The van der Waals surface area contributed by atoms with Crippen molar-refractivity contribution >= 4 is 22.6 Å². The van der Waals surface area contributed by atoms with Gasteiger partial charge in [0.2, 0.25) is 5.91 Å². The fraction of sp³-hybridized carbons (Fsp3) is 0.294. The molecule has 39 heavy (non-hydrogen) atoms. The summed E-state index contributed by atoms with van der Waals surface area (Å²) < 4.78 is 0. The Labute approximate surface area is 231 Å². The normalized spacial score (nSPS) is 16.3. The molecule has 200 valence electrons. The number of hydrogen-bond acceptors (Lipinski definition) is 3. The third-order valence-electron chi connectivity index (χ3n) is 7.43. The molecule has 5 rings (SSSR count). The van der Waals surface area contributed by atoms with Gasteiger partial charge in [0.05, 0.1) is 0 Å². The first-order valence-electron chi connectivity index (χ1n) is 13.9. The van der Waals surface area contributed by atoms with Gasteiger partial charge in [-0.1, -0.05) is 98.8 Å². The number of carbonyl (C=O) groups excluding carboxylic acids is 2. The maximum absolute atomic E-state index is 13.3. The first-order valence-corrected chi connectivity index (χ1v) is 13.9. The van der Waals surface area contributed by atoms with Crippen LogP contribution in [0.3, 0.4) is 0 Å². The van der Waals surface area contributed by atoms with Gasteiger partial charge < -0.3 is 10.6 Å². The van der Waals surface area contributed by atoms with Crippen molar-refractivity contribution in [2.45, 2.75) is 45.3 Å². The van der Waals surface area contributed by atoms with Gasteiger partial charge in [-0.3, -0.25) is 14.5 Å². The molecule has 0 radical (unpaired) electrons. The number of carbonyl (C=O) groups is 2. The van der Waals surface area contributed by atoms with Gasteiger partial charge in [-0.25, -0.2) is 0 Å². The van der Waals surface area contributed by atoms with Crippen molar-refractivity contribution in [3.8, 4) is 11.1 Å². The Hall–Kier alpha value is -3.96. The zero-order valence-corrected chi connectivity index (χ0v) is 22.8. The van der Waals surface area contributed by atoms with E-state index in [1.54, 1.807) is 0 Å². The first-order chi connectivity index (χ1) is 18.9. The highest BCUT2D eigenvalue weighted by Crippen LogP contribution is 2.21. The van der Waals surface area contributed by atoms with Gasteiger partial charge in [-0.2, -0.15) is 0 Å². The fourth-order valence-electron chi connectivity index (χ4n) is 5.36. The van der Waals surface area contributed by atoms with Crippen LogP contribution in [0.5, 0.6) is 0 Å². The Balaban J connectivity index is 1.16. The maximum atomic E-state index is 13.3. The molecule has 0 bridgehead atoms. The average molecular weight is 520 g/mol. The molecule has 5 heteroatoms. The lowest BCUT2D eigenvalue weighted by atomic mass is 10.0. The van der Waals surface area contributed by atoms with Gasteiger partial charge in [0.1, 0.15) is 6.04 Å². The summed E-state index contributed by atoms with van der Waals surface area (Å²) in [7, 11) is 0. The molecule has 4 aromatic carbocycles. The van der Waals surface area contributed by atoms with E-state index < -0.39 is 6.04 Å². The SMILES string of the molecule is CC(C)C[C@H](NC(=O)c1ccc2ccccc2c1)C(=O)N[C@H]1CCN(Cc2ccc(-c3ccccc3)cc2)C1. The van der Waals surface area contributed by atoms with Crippen molar-refractivity contribution in [3.63, 3.8) is 0 Å². The zero-order chi connectivity index (χ0) is 27.2. The minimum Gasteiger partial charge on any atom is -0.350 e. The van der Waals surface area contributed by atoms with Crippen LogP contribution in [0.25, 0.3) is 21.9 Å². The molecule has 4 aromatic rings. The highest BCUT2D eigenvalue weighted by atomic mass is 16.2. The van der Waals surface area contributed by atoms with Crippen LogP contribution in [0, 0.1) is 5.92 Å². The molecular weight excluding hydrogens is 482 g/mol. The number of rotatable bonds is 9. The summed E-state index contributed by atoms with van der Waals surface area (Å²) in [6, 6.07) is 32.3. The molecule has 0 aromatic heterocycles. The molecule has 2 atom stereocenters. The van der Waals surface area contributed by atoms with Crippen molar-refractivity contribution in [3.05, 3.63) is 108 Å². The topological polar surface area (TPSA) is 61.4 Å². The van der Waals surface area contributed by atoms with Gasteiger partial charge in [0, 0.05) is 31.2 Å². The van der Waals surface area contributed by atoms with Crippen molar-refractivity contribution in [1.82, 2.24) is 15.5 Å². The monoisotopic (exact) mass is 519 g/mol. The molecule has 0 spiro atoms. The predicted molar refractivity (Wildman–Crippen MR) is 158 cm³/mol. The highest BCUT2D eigenvalue weighted by Gasteiger charge is 2.28. The molecule has 1 saturated heterocycles. The number of fused-ring (bicyclic) bond motifs is 1. The zero-order valence-electron chi connectivity index (χ0n) is 22.8. The summed E-state index contributed by atoms with van der Waals surface area (Å²) in [5.74, 6) is -0.0398. The predicted octanol–water partition coefficient (Wildman–Crippen LogP) is 6.04. The summed E-state index contributed by atoms with van der Waals surface area (Å²) in [5.41, 5.74) is 4.27. The smallest absolute Gasteiger partial charge is 0.251 e. The van der Waals surface area contributed by atoms with Gasteiger partial charge in [0.15, 0.2) is 0 Å².